The highest BCUT2D eigenvalue weighted by molar-refractivity contribution is 7.11. The van der Waals surface area contributed by atoms with E-state index < -0.39 is 0 Å². The van der Waals surface area contributed by atoms with Crippen LogP contribution in [0.2, 0.25) is 0 Å². The van der Waals surface area contributed by atoms with E-state index in [2.05, 4.69) is 23.8 Å². The average molecular weight is 305 g/mol. The van der Waals surface area contributed by atoms with Gasteiger partial charge in [-0.1, -0.05) is 6.92 Å². The fraction of sp³-hybridized carbons (Fsp3) is 0.533. The number of hydrogen-bond donors (Lipinski definition) is 0. The van der Waals surface area contributed by atoms with Crippen molar-refractivity contribution in [2.24, 2.45) is 0 Å². The van der Waals surface area contributed by atoms with Gasteiger partial charge in [-0.2, -0.15) is 0 Å². The molecule has 1 amide bonds. The lowest BCUT2D eigenvalue weighted by molar-refractivity contribution is 0.0669. The summed E-state index contributed by atoms with van der Waals surface area (Å²) in [7, 11) is 0. The average Bonchev–Trinajstić information content (AvgIpc) is 3.08. The lowest BCUT2D eigenvalue weighted by Crippen LogP contribution is -2.44. The summed E-state index contributed by atoms with van der Waals surface area (Å²) < 4.78 is 5.12. The summed E-state index contributed by atoms with van der Waals surface area (Å²) in [4.78, 5) is 24.1. The van der Waals surface area contributed by atoms with Gasteiger partial charge in [0.1, 0.15) is 5.76 Å². The number of rotatable bonds is 2. The van der Waals surface area contributed by atoms with E-state index in [1.165, 1.54) is 16.3 Å². The highest BCUT2D eigenvalue weighted by Gasteiger charge is 2.36. The summed E-state index contributed by atoms with van der Waals surface area (Å²) in [5.41, 5.74) is 0.512. The van der Waals surface area contributed by atoms with Crippen molar-refractivity contribution >= 4 is 17.2 Å². The van der Waals surface area contributed by atoms with Crippen molar-refractivity contribution in [3.8, 4) is 0 Å². The second-order valence-corrected chi connectivity index (χ2v) is 7.12. The second-order valence-electron chi connectivity index (χ2n) is 5.89. The Labute approximate surface area is 128 Å². The van der Waals surface area contributed by atoms with E-state index in [9.17, 15) is 4.79 Å². The molecule has 1 saturated heterocycles. The van der Waals surface area contributed by atoms with Crippen molar-refractivity contribution in [1.29, 1.82) is 0 Å². The van der Waals surface area contributed by atoms with E-state index in [1.807, 2.05) is 11.1 Å². The van der Waals surface area contributed by atoms with Crippen LogP contribution >= 0.6 is 11.3 Å². The maximum Gasteiger partial charge on any atom is 0.276 e. The molecule has 0 atom stereocenters. The van der Waals surface area contributed by atoms with Gasteiger partial charge < -0.3 is 9.32 Å². The van der Waals surface area contributed by atoms with Gasteiger partial charge >= 0.3 is 0 Å². The number of aromatic nitrogens is 2. The zero-order valence-electron chi connectivity index (χ0n) is 12.5. The smallest absolute Gasteiger partial charge is 0.276 e. The Hall–Kier alpha value is -1.69. The molecule has 3 heterocycles. The van der Waals surface area contributed by atoms with Gasteiger partial charge in [-0.25, -0.2) is 9.97 Å². The van der Waals surface area contributed by atoms with Crippen LogP contribution in [0.15, 0.2) is 17.0 Å². The van der Waals surface area contributed by atoms with E-state index in [0.717, 1.165) is 25.9 Å². The van der Waals surface area contributed by atoms with E-state index >= 15 is 0 Å². The summed E-state index contributed by atoms with van der Waals surface area (Å²) in [6.45, 7) is 7.57. The predicted molar refractivity (Wildman–Crippen MR) is 80.6 cm³/mol. The van der Waals surface area contributed by atoms with Crippen LogP contribution in [-0.4, -0.2) is 33.9 Å². The number of amides is 1. The van der Waals surface area contributed by atoms with Crippen LogP contribution in [0.25, 0.3) is 0 Å². The molecule has 5 nitrogen and oxygen atoms in total. The minimum absolute atomic E-state index is 0.0291. The molecule has 112 valence electrons. The SMILES string of the molecule is Cc1cnc(C2(C)CCN(C(=O)c3ncoc3C)CC2)s1. The molecule has 3 rings (SSSR count). The minimum atomic E-state index is -0.0291. The number of hydrogen-bond acceptors (Lipinski definition) is 5. The molecule has 2 aromatic rings. The Morgan fingerprint density at radius 1 is 1.33 bits per heavy atom. The van der Waals surface area contributed by atoms with Gasteiger partial charge in [-0.3, -0.25) is 4.79 Å². The molecule has 0 unspecified atom stereocenters. The van der Waals surface area contributed by atoms with Crippen LogP contribution in [0.4, 0.5) is 0 Å². The number of nitrogens with zero attached hydrogens (tertiary/aromatic N) is 3. The number of aryl methyl sites for hydroxylation is 2. The first-order valence-electron chi connectivity index (χ1n) is 7.12. The molecule has 0 spiro atoms. The zero-order chi connectivity index (χ0) is 15.0. The van der Waals surface area contributed by atoms with E-state index in [0.29, 0.717) is 11.5 Å². The van der Waals surface area contributed by atoms with Crippen molar-refractivity contribution < 1.29 is 9.21 Å². The third-order valence-electron chi connectivity index (χ3n) is 4.24. The van der Waals surface area contributed by atoms with Crippen LogP contribution in [-0.2, 0) is 5.41 Å². The number of likely N-dealkylation sites (tertiary alicyclic amines) is 1. The first-order valence-corrected chi connectivity index (χ1v) is 7.93. The fourth-order valence-corrected chi connectivity index (χ4v) is 3.68. The van der Waals surface area contributed by atoms with Gasteiger partial charge in [-0.05, 0) is 26.7 Å². The second kappa shape index (κ2) is 5.26. The molecule has 0 aliphatic carbocycles. The summed E-state index contributed by atoms with van der Waals surface area (Å²) in [5, 5.41) is 1.18. The number of thiazole rings is 1. The predicted octanol–water partition coefficient (Wildman–Crippen LogP) is 2.94. The molecule has 2 aromatic heterocycles. The Morgan fingerprint density at radius 3 is 2.57 bits per heavy atom. The molecular formula is C15H19N3O2S. The van der Waals surface area contributed by atoms with Crippen LogP contribution in [0, 0.1) is 13.8 Å². The topological polar surface area (TPSA) is 59.2 Å². The minimum Gasteiger partial charge on any atom is -0.448 e. The molecule has 21 heavy (non-hydrogen) atoms. The zero-order valence-corrected chi connectivity index (χ0v) is 13.4. The standard InChI is InChI=1S/C15H19N3O2S/c1-10-8-16-14(21-10)15(3)4-6-18(7-5-15)13(19)12-11(2)20-9-17-12/h8-9H,4-7H2,1-3H3. The first-order chi connectivity index (χ1) is 9.99. The lowest BCUT2D eigenvalue weighted by Gasteiger charge is -2.37. The quantitative estimate of drug-likeness (QED) is 0.856. The highest BCUT2D eigenvalue weighted by Crippen LogP contribution is 2.37. The summed E-state index contributed by atoms with van der Waals surface area (Å²) in [5.74, 6) is 0.558. The Bertz CT molecular complexity index is 653. The Kier molecular flexibility index (Phi) is 3.57. The maximum atomic E-state index is 12.4. The third-order valence-corrected chi connectivity index (χ3v) is 5.46. The Balaban J connectivity index is 1.70. The van der Waals surface area contributed by atoms with Gasteiger partial charge in [0.2, 0.25) is 0 Å². The molecular weight excluding hydrogens is 286 g/mol. The third kappa shape index (κ3) is 2.60. The summed E-state index contributed by atoms with van der Waals surface area (Å²) in [6, 6.07) is 0. The molecule has 0 N–H and O–H groups in total. The van der Waals surface area contributed by atoms with E-state index in [4.69, 9.17) is 4.42 Å². The number of carbonyl (C=O) groups excluding carboxylic acids is 1. The summed E-state index contributed by atoms with van der Waals surface area (Å²) >= 11 is 1.76. The highest BCUT2D eigenvalue weighted by atomic mass is 32.1. The van der Waals surface area contributed by atoms with Crippen molar-refractivity contribution in [1.82, 2.24) is 14.9 Å². The van der Waals surface area contributed by atoms with E-state index in [1.54, 1.807) is 18.3 Å². The van der Waals surface area contributed by atoms with Crippen LogP contribution in [0.1, 0.15) is 45.9 Å². The molecule has 6 heteroatoms. The first kappa shape index (κ1) is 14.3. The van der Waals surface area contributed by atoms with Gasteiger partial charge in [0.25, 0.3) is 5.91 Å². The number of piperidine rings is 1. The molecule has 0 radical (unpaired) electrons. The normalized spacial score (nSPS) is 18.0. The molecule has 1 aliphatic heterocycles. The van der Waals surface area contributed by atoms with Crippen molar-refractivity contribution in [3.63, 3.8) is 0 Å². The van der Waals surface area contributed by atoms with Crippen molar-refractivity contribution in [2.75, 3.05) is 13.1 Å². The Morgan fingerprint density at radius 2 is 2.05 bits per heavy atom. The number of carbonyl (C=O) groups is 1. The van der Waals surface area contributed by atoms with Gasteiger partial charge in [-0.15, -0.1) is 11.3 Å². The fourth-order valence-electron chi connectivity index (χ4n) is 2.71. The van der Waals surface area contributed by atoms with E-state index in [-0.39, 0.29) is 11.3 Å². The van der Waals surface area contributed by atoms with Crippen molar-refractivity contribution in [2.45, 2.75) is 39.0 Å². The van der Waals surface area contributed by atoms with Crippen LogP contribution in [0.3, 0.4) is 0 Å². The van der Waals surface area contributed by atoms with Crippen molar-refractivity contribution in [3.05, 3.63) is 33.9 Å². The molecule has 0 saturated carbocycles. The van der Waals surface area contributed by atoms with Crippen LogP contribution in [0.5, 0.6) is 0 Å². The van der Waals surface area contributed by atoms with Gasteiger partial charge in [0.15, 0.2) is 12.1 Å². The molecule has 1 fully saturated rings. The molecule has 0 aromatic carbocycles. The number of oxazole rings is 1. The largest absolute Gasteiger partial charge is 0.448 e. The lowest BCUT2D eigenvalue weighted by atomic mass is 9.81. The monoisotopic (exact) mass is 305 g/mol. The van der Waals surface area contributed by atoms with Gasteiger partial charge in [0, 0.05) is 29.6 Å². The van der Waals surface area contributed by atoms with Gasteiger partial charge in [0.05, 0.1) is 5.01 Å². The maximum absolute atomic E-state index is 12.4. The summed E-state index contributed by atoms with van der Waals surface area (Å²) in [6.07, 6.45) is 5.13. The molecule has 1 aliphatic rings. The molecule has 0 bridgehead atoms. The van der Waals surface area contributed by atoms with Crippen LogP contribution < -0.4 is 0 Å².